The number of aromatic hydroxyl groups is 1. The van der Waals surface area contributed by atoms with E-state index in [9.17, 15) is 17.9 Å². The lowest BCUT2D eigenvalue weighted by Crippen LogP contribution is -2.03. The Morgan fingerprint density at radius 3 is 2.60 bits per heavy atom. The summed E-state index contributed by atoms with van der Waals surface area (Å²) in [5.41, 5.74) is 0.548. The van der Waals surface area contributed by atoms with Gasteiger partial charge in [0.1, 0.15) is 11.6 Å². The first-order valence-corrected chi connectivity index (χ1v) is 6.68. The fourth-order valence-electron chi connectivity index (χ4n) is 1.13. The molecule has 3 nitrogen and oxygen atoms in total. The van der Waals surface area contributed by atoms with Gasteiger partial charge in [0.25, 0.3) is 0 Å². The lowest BCUT2D eigenvalue weighted by Gasteiger charge is -2.05. The second kappa shape index (κ2) is 4.37. The highest BCUT2D eigenvalue weighted by Crippen LogP contribution is 2.21. The van der Waals surface area contributed by atoms with E-state index >= 15 is 0 Å². The van der Waals surface area contributed by atoms with Gasteiger partial charge in [0.05, 0.1) is 5.75 Å². The average Bonchev–Trinajstić information content (AvgIpc) is 2.07. The zero-order valence-corrected chi connectivity index (χ0v) is 9.57. The standard InChI is InChI=1S/C9H10ClFO3S/c1-6-4-8(11)7(5-9(6)12)2-3-15(10,13)14/h4-5,12H,2-3H2,1H3. The highest BCUT2D eigenvalue weighted by Gasteiger charge is 2.11. The fraction of sp³-hybridized carbons (Fsp3) is 0.333. The Morgan fingerprint density at radius 1 is 1.47 bits per heavy atom. The Balaban J connectivity index is 2.91. The average molecular weight is 253 g/mol. The van der Waals surface area contributed by atoms with Crippen molar-refractivity contribution in [1.29, 1.82) is 0 Å². The van der Waals surface area contributed by atoms with Crippen molar-refractivity contribution in [2.45, 2.75) is 13.3 Å². The number of phenols is 1. The summed E-state index contributed by atoms with van der Waals surface area (Å²) in [6.07, 6.45) is -0.0501. The maximum Gasteiger partial charge on any atom is 0.232 e. The third kappa shape index (κ3) is 3.68. The number of rotatable bonds is 3. The molecule has 0 saturated carbocycles. The molecule has 0 bridgehead atoms. The summed E-state index contributed by atoms with van der Waals surface area (Å²) in [6.45, 7) is 1.56. The van der Waals surface area contributed by atoms with Crippen LogP contribution in [0.25, 0.3) is 0 Å². The van der Waals surface area contributed by atoms with Crippen molar-refractivity contribution in [2.75, 3.05) is 5.75 Å². The van der Waals surface area contributed by atoms with Gasteiger partial charge < -0.3 is 5.11 Å². The molecule has 0 heterocycles. The summed E-state index contributed by atoms with van der Waals surface area (Å²) in [6, 6.07) is 2.37. The normalized spacial score (nSPS) is 11.7. The van der Waals surface area contributed by atoms with Crippen molar-refractivity contribution in [1.82, 2.24) is 0 Å². The van der Waals surface area contributed by atoms with Crippen LogP contribution in [0.5, 0.6) is 5.75 Å². The molecular formula is C9H10ClFO3S. The van der Waals surface area contributed by atoms with Crippen LogP contribution in [0.3, 0.4) is 0 Å². The van der Waals surface area contributed by atoms with Gasteiger partial charge in [-0.05, 0) is 36.6 Å². The van der Waals surface area contributed by atoms with E-state index in [0.717, 1.165) is 6.07 Å². The van der Waals surface area contributed by atoms with Crippen LogP contribution in [0.15, 0.2) is 12.1 Å². The largest absolute Gasteiger partial charge is 0.508 e. The van der Waals surface area contributed by atoms with Crippen LogP contribution in [0.1, 0.15) is 11.1 Å². The summed E-state index contributed by atoms with van der Waals surface area (Å²) in [5.74, 6) is -0.947. The SMILES string of the molecule is Cc1cc(F)c(CCS(=O)(=O)Cl)cc1O. The fourth-order valence-corrected chi connectivity index (χ4v) is 1.82. The monoisotopic (exact) mass is 252 g/mol. The molecular weight excluding hydrogens is 243 g/mol. The molecule has 1 N–H and O–H groups in total. The van der Waals surface area contributed by atoms with E-state index in [-0.39, 0.29) is 23.5 Å². The molecule has 1 aromatic carbocycles. The van der Waals surface area contributed by atoms with Crippen molar-refractivity contribution in [3.05, 3.63) is 29.1 Å². The predicted octanol–water partition coefficient (Wildman–Crippen LogP) is 1.95. The number of halogens is 2. The number of hydrogen-bond donors (Lipinski definition) is 1. The first-order chi connectivity index (χ1) is 6.79. The molecule has 1 rings (SSSR count). The van der Waals surface area contributed by atoms with Gasteiger partial charge in [-0.3, -0.25) is 0 Å². The van der Waals surface area contributed by atoms with Gasteiger partial charge >= 0.3 is 0 Å². The van der Waals surface area contributed by atoms with Crippen molar-refractivity contribution in [3.8, 4) is 5.75 Å². The molecule has 0 aliphatic carbocycles. The Labute approximate surface area is 91.9 Å². The third-order valence-electron chi connectivity index (χ3n) is 1.98. The molecule has 15 heavy (non-hydrogen) atoms. The van der Waals surface area contributed by atoms with E-state index in [4.69, 9.17) is 10.7 Å². The van der Waals surface area contributed by atoms with Crippen LogP contribution in [0.4, 0.5) is 4.39 Å². The highest BCUT2D eigenvalue weighted by molar-refractivity contribution is 8.13. The van der Waals surface area contributed by atoms with E-state index in [1.807, 2.05) is 0 Å². The summed E-state index contributed by atoms with van der Waals surface area (Å²) in [7, 11) is 1.36. The molecule has 1 aromatic rings. The zero-order valence-electron chi connectivity index (χ0n) is 8.00. The molecule has 84 valence electrons. The molecule has 0 atom stereocenters. The second-order valence-corrected chi connectivity index (χ2v) is 6.12. The highest BCUT2D eigenvalue weighted by atomic mass is 35.7. The molecule has 0 spiro atoms. The minimum atomic E-state index is -3.64. The van der Waals surface area contributed by atoms with E-state index in [2.05, 4.69) is 0 Å². The van der Waals surface area contributed by atoms with Gasteiger partial charge in [-0.25, -0.2) is 12.8 Å². The quantitative estimate of drug-likeness (QED) is 0.837. The second-order valence-electron chi connectivity index (χ2n) is 3.22. The van der Waals surface area contributed by atoms with Crippen LogP contribution in [0.2, 0.25) is 0 Å². The molecule has 0 saturated heterocycles. The molecule has 0 aliphatic rings. The van der Waals surface area contributed by atoms with Gasteiger partial charge in [0.15, 0.2) is 0 Å². The van der Waals surface area contributed by atoms with Crippen LogP contribution in [0, 0.1) is 12.7 Å². The molecule has 0 radical (unpaired) electrons. The van der Waals surface area contributed by atoms with Crippen LogP contribution >= 0.6 is 10.7 Å². The molecule has 0 fully saturated rings. The van der Waals surface area contributed by atoms with E-state index in [1.54, 1.807) is 6.92 Å². The Morgan fingerprint density at radius 2 is 2.07 bits per heavy atom. The minimum absolute atomic E-state index is 0.0501. The van der Waals surface area contributed by atoms with Gasteiger partial charge in [-0.15, -0.1) is 0 Å². The first kappa shape index (κ1) is 12.3. The number of aryl methyl sites for hydroxylation is 2. The van der Waals surface area contributed by atoms with Crippen molar-refractivity contribution >= 4 is 19.7 Å². The van der Waals surface area contributed by atoms with Gasteiger partial charge in [0, 0.05) is 10.7 Å². The molecule has 0 aromatic heterocycles. The summed E-state index contributed by atoms with van der Waals surface area (Å²) >= 11 is 0. The van der Waals surface area contributed by atoms with Crippen LogP contribution in [-0.4, -0.2) is 19.3 Å². The van der Waals surface area contributed by atoms with E-state index < -0.39 is 14.9 Å². The summed E-state index contributed by atoms with van der Waals surface area (Å²) in [5, 5.41) is 9.30. The number of benzene rings is 1. The van der Waals surface area contributed by atoms with Crippen LogP contribution in [-0.2, 0) is 15.5 Å². The Hall–Kier alpha value is -0.810. The van der Waals surface area contributed by atoms with Crippen molar-refractivity contribution in [3.63, 3.8) is 0 Å². The molecule has 0 amide bonds. The van der Waals surface area contributed by atoms with E-state index in [0.29, 0.717) is 5.56 Å². The molecule has 6 heteroatoms. The van der Waals surface area contributed by atoms with Gasteiger partial charge in [-0.1, -0.05) is 0 Å². The van der Waals surface area contributed by atoms with E-state index in [1.165, 1.54) is 6.07 Å². The predicted molar refractivity (Wildman–Crippen MR) is 56.1 cm³/mol. The molecule has 0 aliphatic heterocycles. The summed E-state index contributed by atoms with van der Waals surface area (Å²) < 4.78 is 34.6. The zero-order chi connectivity index (χ0) is 11.6. The van der Waals surface area contributed by atoms with Crippen LogP contribution < -0.4 is 0 Å². The smallest absolute Gasteiger partial charge is 0.232 e. The number of phenolic OH excluding ortho intramolecular Hbond substituents is 1. The minimum Gasteiger partial charge on any atom is -0.508 e. The maximum atomic E-state index is 13.3. The third-order valence-corrected chi connectivity index (χ3v) is 3.13. The van der Waals surface area contributed by atoms with Gasteiger partial charge in [0.2, 0.25) is 9.05 Å². The Kier molecular flexibility index (Phi) is 3.57. The first-order valence-electron chi connectivity index (χ1n) is 4.20. The van der Waals surface area contributed by atoms with Gasteiger partial charge in [-0.2, -0.15) is 0 Å². The summed E-state index contributed by atoms with van der Waals surface area (Å²) in [4.78, 5) is 0. The number of hydrogen-bond acceptors (Lipinski definition) is 3. The maximum absolute atomic E-state index is 13.3. The van der Waals surface area contributed by atoms with Crippen molar-refractivity contribution in [2.24, 2.45) is 0 Å². The topological polar surface area (TPSA) is 54.4 Å². The lowest BCUT2D eigenvalue weighted by molar-refractivity contribution is 0.467. The molecule has 0 unspecified atom stereocenters. The lowest BCUT2D eigenvalue weighted by atomic mass is 10.1. The van der Waals surface area contributed by atoms with Crippen molar-refractivity contribution < 1.29 is 17.9 Å². The Bertz CT molecular complexity index is 470.